The van der Waals surface area contributed by atoms with Crippen molar-refractivity contribution in [1.82, 2.24) is 4.98 Å². The molecule has 1 aliphatic rings. The van der Waals surface area contributed by atoms with Gasteiger partial charge in [0, 0.05) is 6.54 Å². The molecule has 4 nitrogen and oxygen atoms in total. The zero-order valence-electron chi connectivity index (χ0n) is 11.3. The molecule has 1 aromatic heterocycles. The molecule has 1 aliphatic heterocycles. The minimum Gasteiger partial charge on any atom is -0.391 e. The minimum atomic E-state index is -0.464. The zero-order chi connectivity index (χ0) is 14.8. The molecule has 2 aromatic rings. The van der Waals surface area contributed by atoms with E-state index in [2.05, 4.69) is 4.98 Å². The number of halogens is 1. The maximum Gasteiger partial charge on any atom is 0.140 e. The van der Waals surface area contributed by atoms with E-state index in [-0.39, 0.29) is 11.9 Å². The topological polar surface area (TPSA) is 60.2 Å². The summed E-state index contributed by atoms with van der Waals surface area (Å²) in [5, 5.41) is 18.7. The Bertz CT molecular complexity index is 681. The molecule has 21 heavy (non-hydrogen) atoms. The first-order valence-corrected chi connectivity index (χ1v) is 6.73. The predicted octanol–water partition coefficient (Wildman–Crippen LogP) is 2.40. The summed E-state index contributed by atoms with van der Waals surface area (Å²) in [4.78, 5) is 6.05. The van der Waals surface area contributed by atoms with Crippen LogP contribution in [0.3, 0.4) is 0 Å². The Morgan fingerprint density at radius 1 is 1.33 bits per heavy atom. The molecule has 106 valence electrons. The molecule has 2 heterocycles. The van der Waals surface area contributed by atoms with Crippen LogP contribution in [-0.4, -0.2) is 22.7 Å². The van der Waals surface area contributed by atoms with Crippen LogP contribution in [0.15, 0.2) is 42.6 Å². The third-order valence-electron chi connectivity index (χ3n) is 3.71. The Morgan fingerprint density at radius 3 is 2.86 bits per heavy atom. The Labute approximate surface area is 122 Å². The van der Waals surface area contributed by atoms with E-state index in [4.69, 9.17) is 5.26 Å². The first-order chi connectivity index (χ1) is 10.2. The molecule has 3 rings (SSSR count). The number of hydrogen-bond donors (Lipinski definition) is 1. The van der Waals surface area contributed by atoms with Crippen molar-refractivity contribution in [3.05, 3.63) is 59.7 Å². The monoisotopic (exact) mass is 283 g/mol. The van der Waals surface area contributed by atoms with Gasteiger partial charge in [-0.05, 0) is 36.2 Å². The fraction of sp³-hybridized carbons (Fsp3) is 0.250. The molecule has 0 unspecified atom stereocenters. The first-order valence-electron chi connectivity index (χ1n) is 6.73. The molecule has 0 bridgehead atoms. The van der Waals surface area contributed by atoms with Crippen molar-refractivity contribution in [2.75, 3.05) is 11.4 Å². The van der Waals surface area contributed by atoms with Gasteiger partial charge in [0.15, 0.2) is 0 Å². The molecule has 0 saturated carbocycles. The quantitative estimate of drug-likeness (QED) is 0.919. The lowest BCUT2D eigenvalue weighted by Gasteiger charge is -2.26. The van der Waals surface area contributed by atoms with Gasteiger partial charge in [0.25, 0.3) is 0 Å². The standard InChI is InChI=1S/C16H14FN3O/c17-12-3-1-2-11(6-12)16-7-15(21)10-20(16)14-5-4-13(8-18)19-9-14/h1-6,9,15-16,21H,7,10H2/t15-,16+/m0/s1. The van der Waals surface area contributed by atoms with Crippen molar-refractivity contribution in [3.8, 4) is 6.07 Å². The molecular formula is C16H14FN3O. The summed E-state index contributed by atoms with van der Waals surface area (Å²) in [6.45, 7) is 0.467. The Balaban J connectivity index is 1.93. The highest BCUT2D eigenvalue weighted by atomic mass is 19.1. The average molecular weight is 283 g/mol. The van der Waals surface area contributed by atoms with Gasteiger partial charge in [-0.2, -0.15) is 5.26 Å². The van der Waals surface area contributed by atoms with E-state index < -0.39 is 6.10 Å². The number of nitrogens with zero attached hydrogens (tertiary/aromatic N) is 3. The SMILES string of the molecule is N#Cc1ccc(N2C[C@@H](O)C[C@@H]2c2cccc(F)c2)cn1. The largest absolute Gasteiger partial charge is 0.391 e. The number of β-amino-alcohol motifs (C(OH)–C–C–N with tert-alkyl or cyclic N) is 1. The molecule has 2 atom stereocenters. The molecular weight excluding hydrogens is 269 g/mol. The summed E-state index contributed by atoms with van der Waals surface area (Å²) in [7, 11) is 0. The number of pyridine rings is 1. The summed E-state index contributed by atoms with van der Waals surface area (Å²) < 4.78 is 13.4. The van der Waals surface area contributed by atoms with Gasteiger partial charge in [-0.3, -0.25) is 0 Å². The fourth-order valence-electron chi connectivity index (χ4n) is 2.75. The summed E-state index contributed by atoms with van der Waals surface area (Å²) >= 11 is 0. The molecule has 0 amide bonds. The van der Waals surface area contributed by atoms with Gasteiger partial charge < -0.3 is 10.0 Å². The van der Waals surface area contributed by atoms with E-state index in [1.165, 1.54) is 12.1 Å². The summed E-state index contributed by atoms with van der Waals surface area (Å²) in [5.74, 6) is -0.285. The fourth-order valence-corrected chi connectivity index (χ4v) is 2.75. The van der Waals surface area contributed by atoms with Gasteiger partial charge >= 0.3 is 0 Å². The number of hydrogen-bond acceptors (Lipinski definition) is 4. The Morgan fingerprint density at radius 2 is 2.19 bits per heavy atom. The van der Waals surface area contributed by atoms with E-state index in [1.807, 2.05) is 17.0 Å². The van der Waals surface area contributed by atoms with Gasteiger partial charge in [0.1, 0.15) is 17.6 Å². The van der Waals surface area contributed by atoms with Gasteiger partial charge in [0.05, 0.1) is 24.0 Å². The highest BCUT2D eigenvalue weighted by molar-refractivity contribution is 5.50. The van der Waals surface area contributed by atoms with Gasteiger partial charge in [-0.1, -0.05) is 12.1 Å². The molecule has 0 aliphatic carbocycles. The maximum absolute atomic E-state index is 13.4. The second kappa shape index (κ2) is 5.51. The predicted molar refractivity (Wildman–Crippen MR) is 76.1 cm³/mol. The van der Waals surface area contributed by atoms with Crippen molar-refractivity contribution >= 4 is 5.69 Å². The normalized spacial score (nSPS) is 21.3. The van der Waals surface area contributed by atoms with E-state index in [1.54, 1.807) is 24.4 Å². The van der Waals surface area contributed by atoms with Crippen molar-refractivity contribution in [2.24, 2.45) is 0 Å². The van der Waals surface area contributed by atoms with Crippen LogP contribution >= 0.6 is 0 Å². The van der Waals surface area contributed by atoms with Crippen molar-refractivity contribution in [3.63, 3.8) is 0 Å². The lowest BCUT2D eigenvalue weighted by Crippen LogP contribution is -2.24. The molecule has 5 heteroatoms. The Hall–Kier alpha value is -2.45. The lowest BCUT2D eigenvalue weighted by molar-refractivity contribution is 0.194. The average Bonchev–Trinajstić information content (AvgIpc) is 2.89. The van der Waals surface area contributed by atoms with E-state index in [0.29, 0.717) is 18.7 Å². The summed E-state index contributed by atoms with van der Waals surface area (Å²) in [6.07, 6.45) is 1.70. The van der Waals surface area contributed by atoms with Crippen LogP contribution in [0.4, 0.5) is 10.1 Å². The number of rotatable bonds is 2. The third-order valence-corrected chi connectivity index (χ3v) is 3.71. The van der Waals surface area contributed by atoms with E-state index >= 15 is 0 Å². The van der Waals surface area contributed by atoms with E-state index in [9.17, 15) is 9.50 Å². The van der Waals surface area contributed by atoms with Crippen molar-refractivity contribution < 1.29 is 9.50 Å². The zero-order valence-corrected chi connectivity index (χ0v) is 11.3. The van der Waals surface area contributed by atoms with Crippen LogP contribution in [0.1, 0.15) is 23.7 Å². The minimum absolute atomic E-state index is 0.0922. The number of aliphatic hydroxyl groups excluding tert-OH is 1. The lowest BCUT2D eigenvalue weighted by atomic mass is 10.0. The van der Waals surface area contributed by atoms with Gasteiger partial charge in [-0.15, -0.1) is 0 Å². The molecule has 1 fully saturated rings. The van der Waals surface area contributed by atoms with Crippen molar-refractivity contribution in [1.29, 1.82) is 5.26 Å². The second-order valence-electron chi connectivity index (χ2n) is 5.13. The highest BCUT2D eigenvalue weighted by Crippen LogP contribution is 2.36. The highest BCUT2D eigenvalue weighted by Gasteiger charge is 2.32. The second-order valence-corrected chi connectivity index (χ2v) is 5.13. The summed E-state index contributed by atoms with van der Waals surface area (Å²) in [5.41, 5.74) is 2.00. The van der Waals surface area contributed by atoms with Crippen LogP contribution in [-0.2, 0) is 0 Å². The number of nitriles is 1. The van der Waals surface area contributed by atoms with E-state index in [0.717, 1.165) is 11.3 Å². The molecule has 1 saturated heterocycles. The number of benzene rings is 1. The molecule has 0 spiro atoms. The number of anilines is 1. The molecule has 1 N–H and O–H groups in total. The molecule has 1 aromatic carbocycles. The Kier molecular flexibility index (Phi) is 3.55. The van der Waals surface area contributed by atoms with Gasteiger partial charge in [0.2, 0.25) is 0 Å². The number of aromatic nitrogens is 1. The summed E-state index contributed by atoms with van der Waals surface area (Å²) in [6, 6.07) is 11.8. The van der Waals surface area contributed by atoms with Crippen LogP contribution < -0.4 is 4.90 Å². The first kappa shape index (κ1) is 13.5. The van der Waals surface area contributed by atoms with Crippen LogP contribution in [0, 0.1) is 17.1 Å². The maximum atomic E-state index is 13.4. The van der Waals surface area contributed by atoms with Crippen LogP contribution in [0.2, 0.25) is 0 Å². The third kappa shape index (κ3) is 2.71. The van der Waals surface area contributed by atoms with Crippen molar-refractivity contribution in [2.45, 2.75) is 18.6 Å². The van der Waals surface area contributed by atoms with Crippen LogP contribution in [0.25, 0.3) is 0 Å². The van der Waals surface area contributed by atoms with Gasteiger partial charge in [-0.25, -0.2) is 9.37 Å². The number of aliphatic hydroxyl groups is 1. The van der Waals surface area contributed by atoms with Crippen LogP contribution in [0.5, 0.6) is 0 Å². The molecule has 0 radical (unpaired) electrons. The smallest absolute Gasteiger partial charge is 0.140 e.